The fraction of sp³-hybridized carbons (Fsp3) is 0.395. The Labute approximate surface area is 299 Å². The number of benzene rings is 3. The van der Waals surface area contributed by atoms with Gasteiger partial charge >= 0.3 is 12.0 Å². The van der Waals surface area contributed by atoms with Crippen LogP contribution >= 0.6 is 0 Å². The highest BCUT2D eigenvalue weighted by atomic mass is 16.5. The highest BCUT2D eigenvalue weighted by molar-refractivity contribution is 6.01. The van der Waals surface area contributed by atoms with Crippen LogP contribution in [0.1, 0.15) is 56.5 Å². The van der Waals surface area contributed by atoms with E-state index in [1.807, 2.05) is 45.0 Å². The fourth-order valence-corrected chi connectivity index (χ4v) is 5.11. The van der Waals surface area contributed by atoms with Crippen LogP contribution in [-0.2, 0) is 14.4 Å². The summed E-state index contributed by atoms with van der Waals surface area (Å²) in [6.07, 6.45) is 0.213. The number of nitrogens with one attached hydrogen (secondary N) is 3. The molecule has 3 rings (SSSR count). The lowest BCUT2D eigenvalue weighted by Crippen LogP contribution is -2.50. The second-order valence-electron chi connectivity index (χ2n) is 13.1. The van der Waals surface area contributed by atoms with Gasteiger partial charge in [0.15, 0.2) is 17.3 Å². The van der Waals surface area contributed by atoms with Crippen LogP contribution in [0.2, 0.25) is 0 Å². The van der Waals surface area contributed by atoms with Crippen LogP contribution in [0.5, 0.6) is 11.5 Å². The van der Waals surface area contributed by atoms with Crippen molar-refractivity contribution < 1.29 is 38.6 Å². The number of carboxylic acid groups (broad SMARTS) is 1. The molecule has 4 amide bonds. The molecule has 0 heterocycles. The van der Waals surface area contributed by atoms with Gasteiger partial charge in [-0.25, -0.2) is 4.79 Å². The highest BCUT2D eigenvalue weighted by Gasteiger charge is 2.32. The van der Waals surface area contributed by atoms with Crippen LogP contribution in [-0.4, -0.2) is 90.4 Å². The number of carbonyl (C=O) groups is 5. The molecule has 0 aromatic heterocycles. The number of ether oxygens (including phenoxy) is 2. The Morgan fingerprint density at radius 3 is 2.08 bits per heavy atom. The minimum Gasteiger partial charge on any atom is -0.493 e. The van der Waals surface area contributed by atoms with Crippen molar-refractivity contribution in [2.75, 3.05) is 56.3 Å². The standard InChI is InChI=1S/C38H49N5O8/c1-25(2)19-21-42(33(45)24-43(22-20-34(46)47)36(48)29-12-10-14-31(50-6)35(29)51-7)23-32(44)38(4,5)41-28-17-15-27(16-18-28)39-37(49)40-30-13-9-8-11-26(30)3/h8-18,25,41H,19-24H2,1-7H3,(H,46,47)(H2,39,40,49). The molecule has 51 heavy (non-hydrogen) atoms. The van der Waals surface area contributed by atoms with Gasteiger partial charge in [-0.3, -0.25) is 19.2 Å². The highest BCUT2D eigenvalue weighted by Crippen LogP contribution is 2.31. The molecule has 0 aliphatic heterocycles. The van der Waals surface area contributed by atoms with Gasteiger partial charge in [0.1, 0.15) is 6.54 Å². The minimum atomic E-state index is -1.13. The number of aryl methyl sites for hydroxylation is 1. The van der Waals surface area contributed by atoms with Crippen molar-refractivity contribution in [3.8, 4) is 11.5 Å². The van der Waals surface area contributed by atoms with Gasteiger partial charge in [0.2, 0.25) is 5.91 Å². The first-order chi connectivity index (χ1) is 24.1. The first-order valence-corrected chi connectivity index (χ1v) is 16.7. The number of carbonyl (C=O) groups excluding carboxylic acids is 4. The van der Waals surface area contributed by atoms with E-state index in [2.05, 4.69) is 16.0 Å². The summed E-state index contributed by atoms with van der Waals surface area (Å²) in [5.74, 6) is -1.83. The molecule has 0 aliphatic carbocycles. The van der Waals surface area contributed by atoms with Crippen molar-refractivity contribution >= 4 is 46.7 Å². The molecule has 13 heteroatoms. The van der Waals surface area contributed by atoms with E-state index in [0.717, 1.165) is 10.5 Å². The number of carboxylic acids is 1. The molecular weight excluding hydrogens is 654 g/mol. The number of nitrogens with zero attached hydrogens (tertiary/aromatic N) is 2. The Bertz CT molecular complexity index is 1690. The summed E-state index contributed by atoms with van der Waals surface area (Å²) < 4.78 is 10.7. The van der Waals surface area contributed by atoms with Crippen LogP contribution in [0.4, 0.5) is 21.9 Å². The van der Waals surface area contributed by atoms with E-state index < -0.39 is 42.3 Å². The molecule has 3 aromatic rings. The molecule has 13 nitrogen and oxygen atoms in total. The van der Waals surface area contributed by atoms with Crippen molar-refractivity contribution in [2.24, 2.45) is 5.92 Å². The van der Waals surface area contributed by atoms with Gasteiger partial charge in [-0.1, -0.05) is 38.1 Å². The summed E-state index contributed by atoms with van der Waals surface area (Å²) in [6.45, 7) is 8.64. The van der Waals surface area contributed by atoms with Crippen LogP contribution in [0.25, 0.3) is 0 Å². The number of para-hydroxylation sites is 2. The largest absolute Gasteiger partial charge is 0.493 e. The number of rotatable bonds is 18. The topological polar surface area (TPSA) is 167 Å². The molecule has 3 aromatic carbocycles. The van der Waals surface area contributed by atoms with Crippen LogP contribution in [0.15, 0.2) is 66.7 Å². The molecule has 0 atom stereocenters. The zero-order valence-electron chi connectivity index (χ0n) is 30.4. The molecule has 0 aliphatic rings. The SMILES string of the molecule is COc1cccc(C(=O)N(CCC(=O)O)CC(=O)N(CCC(C)C)CC(=O)C(C)(C)Nc2ccc(NC(=O)Nc3ccccc3C)cc2)c1OC. The first kappa shape index (κ1) is 39.8. The summed E-state index contributed by atoms with van der Waals surface area (Å²) in [5, 5.41) is 18.2. The Balaban J connectivity index is 1.73. The lowest BCUT2D eigenvalue weighted by Gasteiger charge is -2.32. The predicted molar refractivity (Wildman–Crippen MR) is 197 cm³/mol. The third-order valence-electron chi connectivity index (χ3n) is 8.20. The van der Waals surface area contributed by atoms with E-state index in [9.17, 15) is 29.1 Å². The smallest absolute Gasteiger partial charge is 0.323 e. The van der Waals surface area contributed by atoms with Gasteiger partial charge in [0.05, 0.1) is 38.3 Å². The van der Waals surface area contributed by atoms with Crippen molar-refractivity contribution in [3.63, 3.8) is 0 Å². The molecule has 0 bridgehead atoms. The van der Waals surface area contributed by atoms with E-state index in [-0.39, 0.29) is 42.6 Å². The lowest BCUT2D eigenvalue weighted by atomic mass is 9.97. The van der Waals surface area contributed by atoms with E-state index in [1.165, 1.54) is 25.2 Å². The van der Waals surface area contributed by atoms with Crippen LogP contribution < -0.4 is 25.4 Å². The van der Waals surface area contributed by atoms with Gasteiger partial charge in [0.25, 0.3) is 5.91 Å². The molecule has 0 saturated heterocycles. The quantitative estimate of drug-likeness (QED) is 0.126. The third-order valence-corrected chi connectivity index (χ3v) is 8.20. The zero-order chi connectivity index (χ0) is 37.7. The molecule has 0 radical (unpaired) electrons. The number of amides is 4. The summed E-state index contributed by atoms with van der Waals surface area (Å²) in [6, 6.07) is 18.7. The summed E-state index contributed by atoms with van der Waals surface area (Å²) in [5.41, 5.74) is 1.80. The molecular formula is C38H49N5O8. The number of urea groups is 1. The Morgan fingerprint density at radius 1 is 0.804 bits per heavy atom. The number of ketones is 1. The Morgan fingerprint density at radius 2 is 1.47 bits per heavy atom. The molecule has 4 N–H and O–H groups in total. The Hall–Kier alpha value is -5.59. The fourth-order valence-electron chi connectivity index (χ4n) is 5.11. The van der Waals surface area contributed by atoms with Crippen LogP contribution in [0.3, 0.4) is 0 Å². The second kappa shape index (κ2) is 18.4. The molecule has 0 saturated carbocycles. The average Bonchev–Trinajstić information content (AvgIpc) is 3.08. The van der Waals surface area contributed by atoms with E-state index in [4.69, 9.17) is 9.47 Å². The molecule has 0 unspecified atom stereocenters. The maximum atomic E-state index is 13.8. The molecule has 274 valence electrons. The van der Waals surface area contributed by atoms with E-state index in [1.54, 1.807) is 50.2 Å². The van der Waals surface area contributed by atoms with Crippen molar-refractivity contribution in [1.29, 1.82) is 0 Å². The van der Waals surface area contributed by atoms with Crippen molar-refractivity contribution in [2.45, 2.75) is 53.0 Å². The van der Waals surface area contributed by atoms with E-state index in [0.29, 0.717) is 29.2 Å². The van der Waals surface area contributed by atoms with E-state index >= 15 is 0 Å². The maximum Gasteiger partial charge on any atom is 0.323 e. The average molecular weight is 704 g/mol. The van der Waals surface area contributed by atoms with Gasteiger partial charge in [-0.15, -0.1) is 0 Å². The number of aliphatic carboxylic acids is 1. The molecule has 0 fully saturated rings. The monoisotopic (exact) mass is 703 g/mol. The normalized spacial score (nSPS) is 11.0. The summed E-state index contributed by atoms with van der Waals surface area (Å²) in [7, 11) is 2.81. The summed E-state index contributed by atoms with van der Waals surface area (Å²) in [4.78, 5) is 67.8. The first-order valence-electron chi connectivity index (χ1n) is 16.7. The number of anilines is 3. The van der Waals surface area contributed by atoms with Gasteiger partial charge in [-0.2, -0.15) is 0 Å². The lowest BCUT2D eigenvalue weighted by molar-refractivity contribution is -0.139. The number of methoxy groups -OCH3 is 2. The van der Waals surface area contributed by atoms with Gasteiger partial charge in [-0.05, 0) is 81.1 Å². The number of Topliss-reactive ketones (excluding diaryl/α,β-unsaturated/α-hetero) is 1. The van der Waals surface area contributed by atoms with Gasteiger partial charge in [0, 0.05) is 30.2 Å². The molecule has 0 spiro atoms. The van der Waals surface area contributed by atoms with Crippen LogP contribution in [0, 0.1) is 12.8 Å². The summed E-state index contributed by atoms with van der Waals surface area (Å²) >= 11 is 0. The second-order valence-corrected chi connectivity index (χ2v) is 13.1. The minimum absolute atomic E-state index is 0.110. The zero-order valence-corrected chi connectivity index (χ0v) is 30.4. The predicted octanol–water partition coefficient (Wildman–Crippen LogP) is 5.91. The number of hydrogen-bond donors (Lipinski definition) is 4. The van der Waals surface area contributed by atoms with Gasteiger partial charge < -0.3 is 40.3 Å². The third kappa shape index (κ3) is 11.8. The Kier molecular flexibility index (Phi) is 14.4. The van der Waals surface area contributed by atoms with Crippen molar-refractivity contribution in [3.05, 3.63) is 77.9 Å². The van der Waals surface area contributed by atoms with Crippen molar-refractivity contribution in [1.82, 2.24) is 9.80 Å². The maximum absolute atomic E-state index is 13.8. The number of hydrogen-bond acceptors (Lipinski definition) is 8.